The van der Waals surface area contributed by atoms with Gasteiger partial charge < -0.3 is 4.57 Å². The first-order valence-electron chi connectivity index (χ1n) is 21.5. The van der Waals surface area contributed by atoms with Crippen LogP contribution in [0.15, 0.2) is 224 Å². The van der Waals surface area contributed by atoms with E-state index >= 15 is 0 Å². The van der Waals surface area contributed by atoms with Crippen molar-refractivity contribution in [3.8, 4) is 96.2 Å². The Hall–Kier alpha value is -9.16. The molecule has 0 saturated carbocycles. The number of hydrogen-bond acceptors (Lipinski definition) is 4. The van der Waals surface area contributed by atoms with Gasteiger partial charge >= 0.3 is 0 Å². The van der Waals surface area contributed by atoms with Crippen LogP contribution in [0.4, 0.5) is 0 Å². The molecule has 0 saturated heterocycles. The second-order valence-corrected chi connectivity index (χ2v) is 16.0. The van der Waals surface area contributed by atoms with Gasteiger partial charge in [0.2, 0.25) is 0 Å². The molecule has 0 fully saturated rings. The summed E-state index contributed by atoms with van der Waals surface area (Å²) in [6.45, 7) is 0. The normalized spacial score (nSPS) is 11.0. The van der Waals surface area contributed by atoms with Crippen molar-refractivity contribution in [1.29, 1.82) is 10.5 Å². The molecule has 5 heteroatoms. The molecule has 0 aliphatic heterocycles. The van der Waals surface area contributed by atoms with Crippen LogP contribution in [0.3, 0.4) is 0 Å². The SMILES string of the molecule is N#Cc1ccccc1-c1cc(-c2nc(-c3ccccc3)cc(-c3ccccc3)n2)cc(-c2ccccc2C#N)c1-n1c2ccc(-c3ccccc3)cc2c2cc(-c3ccccc3)ccc21. The largest absolute Gasteiger partial charge is 0.308 e. The maximum absolute atomic E-state index is 10.8. The smallest absolute Gasteiger partial charge is 0.160 e. The Morgan fingerprint density at radius 3 is 1.12 bits per heavy atom. The third-order valence-electron chi connectivity index (χ3n) is 12.1. The summed E-state index contributed by atoms with van der Waals surface area (Å²) in [6.07, 6.45) is 0. The van der Waals surface area contributed by atoms with E-state index in [4.69, 9.17) is 9.97 Å². The van der Waals surface area contributed by atoms with E-state index in [9.17, 15) is 10.5 Å². The topological polar surface area (TPSA) is 78.3 Å². The van der Waals surface area contributed by atoms with E-state index in [1.54, 1.807) is 0 Å². The van der Waals surface area contributed by atoms with E-state index in [2.05, 4.69) is 138 Å². The standard InChI is InChI=1S/C60H37N5/c61-38-46-25-13-15-27-49(46)53-35-48(60-63-55(42-21-9-3-10-22-42)37-56(64-60)43-23-11-4-12-24-43)36-54(50-28-16-14-26-47(50)39-62)59(53)65-57-31-29-44(40-17-5-1-6-18-40)33-51(57)52-34-45(30-32-58(52)65)41-19-7-2-8-20-41/h1-37H. The third-order valence-corrected chi connectivity index (χ3v) is 12.1. The molecule has 5 nitrogen and oxygen atoms in total. The lowest BCUT2D eigenvalue weighted by Gasteiger charge is -2.22. The lowest BCUT2D eigenvalue weighted by atomic mass is 9.89. The lowest BCUT2D eigenvalue weighted by molar-refractivity contribution is 1.16. The van der Waals surface area contributed by atoms with Crippen LogP contribution in [0.25, 0.3) is 106 Å². The van der Waals surface area contributed by atoms with Gasteiger partial charge in [-0.3, -0.25) is 0 Å². The summed E-state index contributed by atoms with van der Waals surface area (Å²) in [5.74, 6) is 0.519. The van der Waals surface area contributed by atoms with Gasteiger partial charge in [-0.1, -0.05) is 170 Å². The monoisotopic (exact) mass is 827 g/mol. The van der Waals surface area contributed by atoms with Crippen molar-refractivity contribution in [2.45, 2.75) is 0 Å². The third kappa shape index (κ3) is 7.10. The summed E-state index contributed by atoms with van der Waals surface area (Å²) >= 11 is 0. The van der Waals surface area contributed by atoms with Crippen molar-refractivity contribution in [1.82, 2.24) is 14.5 Å². The van der Waals surface area contributed by atoms with Gasteiger partial charge in [-0.05, 0) is 76.9 Å². The molecule has 2 aromatic heterocycles. The van der Waals surface area contributed by atoms with Crippen LogP contribution in [-0.2, 0) is 0 Å². The van der Waals surface area contributed by atoms with Crippen molar-refractivity contribution in [3.05, 3.63) is 236 Å². The Balaban J connectivity index is 1.28. The van der Waals surface area contributed by atoms with Crippen LogP contribution in [0, 0.1) is 22.7 Å². The first-order valence-corrected chi connectivity index (χ1v) is 21.5. The van der Waals surface area contributed by atoms with Crippen molar-refractivity contribution in [3.63, 3.8) is 0 Å². The van der Waals surface area contributed by atoms with Crippen LogP contribution in [-0.4, -0.2) is 14.5 Å². The summed E-state index contributed by atoms with van der Waals surface area (Å²) in [7, 11) is 0. The van der Waals surface area contributed by atoms with Crippen LogP contribution in [0.1, 0.15) is 11.1 Å². The second-order valence-electron chi connectivity index (χ2n) is 16.0. The zero-order valence-electron chi connectivity index (χ0n) is 35.1. The average Bonchev–Trinajstić information content (AvgIpc) is 3.71. The molecule has 11 rings (SSSR count). The van der Waals surface area contributed by atoms with Crippen molar-refractivity contribution >= 4 is 21.8 Å². The predicted molar refractivity (Wildman–Crippen MR) is 264 cm³/mol. The Morgan fingerprint density at radius 2 is 0.708 bits per heavy atom. The summed E-state index contributed by atoms with van der Waals surface area (Å²) in [5, 5.41) is 23.7. The summed E-state index contributed by atoms with van der Waals surface area (Å²) in [5.41, 5.74) is 15.6. The quantitative estimate of drug-likeness (QED) is 0.153. The maximum Gasteiger partial charge on any atom is 0.160 e. The number of hydrogen-bond donors (Lipinski definition) is 0. The molecule has 0 radical (unpaired) electrons. The number of benzene rings is 9. The fraction of sp³-hybridized carbons (Fsp3) is 0. The minimum atomic E-state index is 0.519. The van der Waals surface area contributed by atoms with Crippen molar-refractivity contribution in [2.75, 3.05) is 0 Å². The average molecular weight is 828 g/mol. The van der Waals surface area contributed by atoms with Crippen LogP contribution < -0.4 is 0 Å². The number of nitrogens with zero attached hydrogens (tertiary/aromatic N) is 5. The molecule has 65 heavy (non-hydrogen) atoms. The summed E-state index contributed by atoms with van der Waals surface area (Å²) in [6, 6.07) is 81.3. The fourth-order valence-corrected chi connectivity index (χ4v) is 9.02. The number of rotatable bonds is 8. The molecule has 0 atom stereocenters. The molecule has 2 heterocycles. The van der Waals surface area contributed by atoms with Gasteiger partial charge in [0.1, 0.15) is 0 Å². The van der Waals surface area contributed by atoms with Gasteiger partial charge in [-0.25, -0.2) is 9.97 Å². The van der Waals surface area contributed by atoms with Gasteiger partial charge in [-0.15, -0.1) is 0 Å². The molecule has 0 amide bonds. The molecule has 0 spiro atoms. The van der Waals surface area contributed by atoms with E-state index in [1.165, 1.54) is 0 Å². The highest BCUT2D eigenvalue weighted by atomic mass is 15.0. The Morgan fingerprint density at radius 1 is 0.323 bits per heavy atom. The highest BCUT2D eigenvalue weighted by molar-refractivity contribution is 6.13. The van der Waals surface area contributed by atoms with E-state index in [0.717, 1.165) is 100 Å². The number of aromatic nitrogens is 3. The lowest BCUT2D eigenvalue weighted by Crippen LogP contribution is -2.04. The number of nitriles is 2. The molecule has 302 valence electrons. The second kappa shape index (κ2) is 16.6. The summed E-state index contributed by atoms with van der Waals surface area (Å²) < 4.78 is 2.32. The zero-order chi connectivity index (χ0) is 43.7. The zero-order valence-corrected chi connectivity index (χ0v) is 35.1. The molecular weight excluding hydrogens is 791 g/mol. The number of fused-ring (bicyclic) bond motifs is 3. The molecule has 0 bridgehead atoms. The molecule has 9 aromatic carbocycles. The highest BCUT2D eigenvalue weighted by Gasteiger charge is 2.25. The fourth-order valence-electron chi connectivity index (χ4n) is 9.02. The van der Waals surface area contributed by atoms with Crippen LogP contribution in [0.5, 0.6) is 0 Å². The Labute approximate surface area is 377 Å². The van der Waals surface area contributed by atoms with E-state index in [0.29, 0.717) is 17.0 Å². The molecule has 0 unspecified atom stereocenters. The summed E-state index contributed by atoms with van der Waals surface area (Å²) in [4.78, 5) is 10.6. The molecular formula is C60H37N5. The van der Waals surface area contributed by atoms with E-state index in [-0.39, 0.29) is 0 Å². The Bertz CT molecular complexity index is 3420. The van der Waals surface area contributed by atoms with E-state index in [1.807, 2.05) is 103 Å². The predicted octanol–water partition coefficient (Wildman–Crippen LogP) is 15.0. The van der Waals surface area contributed by atoms with Crippen LogP contribution >= 0.6 is 0 Å². The molecule has 0 N–H and O–H groups in total. The molecule has 0 aliphatic carbocycles. The first-order chi connectivity index (χ1) is 32.1. The van der Waals surface area contributed by atoms with Gasteiger partial charge in [0.05, 0.1) is 51.4 Å². The van der Waals surface area contributed by atoms with E-state index < -0.39 is 0 Å². The van der Waals surface area contributed by atoms with Crippen molar-refractivity contribution in [2.24, 2.45) is 0 Å². The van der Waals surface area contributed by atoms with Gasteiger partial charge in [0, 0.05) is 49.7 Å². The van der Waals surface area contributed by atoms with Crippen LogP contribution in [0.2, 0.25) is 0 Å². The minimum absolute atomic E-state index is 0.519. The highest BCUT2D eigenvalue weighted by Crippen LogP contribution is 2.46. The Kier molecular flexibility index (Phi) is 9.90. The van der Waals surface area contributed by atoms with Gasteiger partial charge in [0.15, 0.2) is 5.82 Å². The van der Waals surface area contributed by atoms with Crippen molar-refractivity contribution < 1.29 is 0 Å². The van der Waals surface area contributed by atoms with Gasteiger partial charge in [-0.2, -0.15) is 10.5 Å². The maximum atomic E-state index is 10.8. The molecule has 0 aliphatic rings. The minimum Gasteiger partial charge on any atom is -0.308 e. The van der Waals surface area contributed by atoms with Gasteiger partial charge in [0.25, 0.3) is 0 Å². The first kappa shape index (κ1) is 38.7. The molecule has 11 aromatic rings.